The number of nitriles is 1. The van der Waals surface area contributed by atoms with Crippen molar-refractivity contribution in [3.05, 3.63) is 0 Å². The van der Waals surface area contributed by atoms with Gasteiger partial charge in [-0.2, -0.15) is 5.26 Å². The molecule has 0 spiro atoms. The van der Waals surface area contributed by atoms with Gasteiger partial charge in [0.15, 0.2) is 0 Å². The molecule has 2 fully saturated rings. The molecule has 0 bridgehead atoms. The lowest BCUT2D eigenvalue weighted by Crippen LogP contribution is -2.53. The number of piperidine rings is 1. The van der Waals surface area contributed by atoms with Crippen LogP contribution in [0.4, 0.5) is 0 Å². The van der Waals surface area contributed by atoms with E-state index in [1.54, 1.807) is 0 Å². The van der Waals surface area contributed by atoms with Crippen LogP contribution >= 0.6 is 0 Å². The van der Waals surface area contributed by atoms with Gasteiger partial charge in [-0.3, -0.25) is 4.79 Å². The van der Waals surface area contributed by atoms with Gasteiger partial charge in [0.25, 0.3) is 0 Å². The Bertz CT molecular complexity index is 371. The number of nitrogens with one attached hydrogen (secondary N) is 1. The number of hydrogen-bond acceptors (Lipinski definition) is 4. The van der Waals surface area contributed by atoms with Gasteiger partial charge in [0, 0.05) is 25.8 Å². The highest BCUT2D eigenvalue weighted by atomic mass is 16.5. The van der Waals surface area contributed by atoms with E-state index in [-0.39, 0.29) is 11.9 Å². The van der Waals surface area contributed by atoms with Crippen molar-refractivity contribution >= 4 is 5.91 Å². The Kier molecular flexibility index (Phi) is 4.43. The Hall–Kier alpha value is -1.12. The van der Waals surface area contributed by atoms with Crippen LogP contribution in [-0.4, -0.2) is 50.2 Å². The summed E-state index contributed by atoms with van der Waals surface area (Å²) in [6, 6.07) is 2.42. The fourth-order valence-corrected chi connectivity index (χ4v) is 2.98. The van der Waals surface area contributed by atoms with Gasteiger partial charge in [0.05, 0.1) is 6.07 Å². The molecule has 2 rings (SSSR count). The summed E-state index contributed by atoms with van der Waals surface area (Å²) in [5.74, 6) is 0.331. The number of rotatable bonds is 2. The Morgan fingerprint density at radius 2 is 2.16 bits per heavy atom. The van der Waals surface area contributed by atoms with Crippen LogP contribution in [0.2, 0.25) is 0 Å². The highest BCUT2D eigenvalue weighted by Gasteiger charge is 2.42. The molecule has 0 aromatic carbocycles. The van der Waals surface area contributed by atoms with Crippen LogP contribution in [-0.2, 0) is 9.53 Å². The molecule has 2 heterocycles. The summed E-state index contributed by atoms with van der Waals surface area (Å²) in [5.41, 5.74) is -0.874. The summed E-state index contributed by atoms with van der Waals surface area (Å²) in [7, 11) is 2.10. The van der Waals surface area contributed by atoms with E-state index < -0.39 is 5.41 Å². The first-order valence-corrected chi connectivity index (χ1v) is 7.06. The summed E-state index contributed by atoms with van der Waals surface area (Å²) >= 11 is 0. The summed E-state index contributed by atoms with van der Waals surface area (Å²) in [5, 5.41) is 12.5. The third kappa shape index (κ3) is 3.07. The van der Waals surface area contributed by atoms with E-state index in [4.69, 9.17) is 4.74 Å². The molecule has 1 N–H and O–H groups in total. The lowest BCUT2D eigenvalue weighted by atomic mass is 9.80. The molecule has 0 radical (unpaired) electrons. The van der Waals surface area contributed by atoms with Crippen molar-refractivity contribution < 1.29 is 9.53 Å². The summed E-state index contributed by atoms with van der Waals surface area (Å²) < 4.78 is 5.26. The zero-order valence-corrected chi connectivity index (χ0v) is 11.8. The standard InChI is InChI=1S/C14H23N3O2/c1-11-9-17(2)6-3-12(11)16-13(18)14(10-15)4-7-19-8-5-14/h11-12H,3-9H2,1-2H3,(H,16,18). The van der Waals surface area contributed by atoms with Crippen molar-refractivity contribution in [1.82, 2.24) is 10.2 Å². The Morgan fingerprint density at radius 3 is 2.74 bits per heavy atom. The fourth-order valence-electron chi connectivity index (χ4n) is 2.98. The van der Waals surface area contributed by atoms with Gasteiger partial charge in [-0.05, 0) is 38.8 Å². The van der Waals surface area contributed by atoms with Crippen LogP contribution in [0, 0.1) is 22.7 Å². The second-order valence-electron chi connectivity index (χ2n) is 5.91. The minimum atomic E-state index is -0.874. The van der Waals surface area contributed by atoms with Gasteiger partial charge in [-0.1, -0.05) is 6.92 Å². The Balaban J connectivity index is 1.98. The normalized spacial score (nSPS) is 31.4. The molecule has 2 saturated heterocycles. The number of likely N-dealkylation sites (tertiary alicyclic amines) is 1. The maximum atomic E-state index is 12.4. The third-order valence-electron chi connectivity index (χ3n) is 4.42. The van der Waals surface area contributed by atoms with E-state index in [1.165, 1.54) is 0 Å². The SMILES string of the molecule is CC1CN(C)CCC1NC(=O)C1(C#N)CCOCC1. The van der Waals surface area contributed by atoms with E-state index in [1.807, 2.05) is 0 Å². The number of carbonyl (C=O) groups excluding carboxylic acids is 1. The molecule has 0 saturated carbocycles. The van der Waals surface area contributed by atoms with E-state index >= 15 is 0 Å². The van der Waals surface area contributed by atoms with Crippen LogP contribution < -0.4 is 5.32 Å². The predicted octanol–water partition coefficient (Wildman–Crippen LogP) is 0.763. The highest BCUT2D eigenvalue weighted by Crippen LogP contribution is 2.30. The molecule has 0 aliphatic carbocycles. The monoisotopic (exact) mass is 265 g/mol. The molecule has 2 aliphatic heterocycles. The first-order valence-electron chi connectivity index (χ1n) is 7.06. The molecule has 2 atom stereocenters. The first kappa shape index (κ1) is 14.3. The summed E-state index contributed by atoms with van der Waals surface area (Å²) in [4.78, 5) is 14.7. The zero-order chi connectivity index (χ0) is 13.9. The van der Waals surface area contributed by atoms with Crippen molar-refractivity contribution in [2.75, 3.05) is 33.4 Å². The fraction of sp³-hybridized carbons (Fsp3) is 0.857. The van der Waals surface area contributed by atoms with Crippen LogP contribution in [0.25, 0.3) is 0 Å². The first-order chi connectivity index (χ1) is 9.07. The molecular weight excluding hydrogens is 242 g/mol. The summed E-state index contributed by atoms with van der Waals surface area (Å²) in [6.45, 7) is 5.16. The van der Waals surface area contributed by atoms with Crippen LogP contribution in [0.1, 0.15) is 26.2 Å². The van der Waals surface area contributed by atoms with Crippen molar-refractivity contribution in [3.8, 4) is 6.07 Å². The molecule has 5 nitrogen and oxygen atoms in total. The van der Waals surface area contributed by atoms with Crippen molar-refractivity contribution in [3.63, 3.8) is 0 Å². The van der Waals surface area contributed by atoms with Crippen LogP contribution in [0.5, 0.6) is 0 Å². The molecule has 5 heteroatoms. The Morgan fingerprint density at radius 1 is 1.47 bits per heavy atom. The van der Waals surface area contributed by atoms with Crippen LogP contribution in [0.3, 0.4) is 0 Å². The predicted molar refractivity (Wildman–Crippen MR) is 71.3 cm³/mol. The number of amides is 1. The quantitative estimate of drug-likeness (QED) is 0.800. The molecule has 1 amide bonds. The summed E-state index contributed by atoms with van der Waals surface area (Å²) in [6.07, 6.45) is 1.98. The lowest BCUT2D eigenvalue weighted by Gasteiger charge is -2.37. The molecular formula is C14H23N3O2. The van der Waals surface area contributed by atoms with Gasteiger partial charge in [-0.15, -0.1) is 0 Å². The second kappa shape index (κ2) is 5.89. The smallest absolute Gasteiger partial charge is 0.240 e. The molecule has 0 aromatic heterocycles. The van der Waals surface area contributed by atoms with Crippen molar-refractivity contribution in [2.45, 2.75) is 32.2 Å². The molecule has 0 aromatic rings. The molecule has 2 unspecified atom stereocenters. The maximum absolute atomic E-state index is 12.4. The van der Waals surface area contributed by atoms with Crippen molar-refractivity contribution in [1.29, 1.82) is 5.26 Å². The van der Waals surface area contributed by atoms with Gasteiger partial charge in [-0.25, -0.2) is 0 Å². The van der Waals surface area contributed by atoms with E-state index in [0.29, 0.717) is 32.0 Å². The van der Waals surface area contributed by atoms with E-state index in [9.17, 15) is 10.1 Å². The topological polar surface area (TPSA) is 65.4 Å². The van der Waals surface area contributed by atoms with Crippen LogP contribution in [0.15, 0.2) is 0 Å². The number of carbonyl (C=O) groups is 1. The van der Waals surface area contributed by atoms with Gasteiger partial charge in [0.2, 0.25) is 5.91 Å². The zero-order valence-electron chi connectivity index (χ0n) is 11.8. The Labute approximate surface area is 114 Å². The third-order valence-corrected chi connectivity index (χ3v) is 4.42. The average molecular weight is 265 g/mol. The van der Waals surface area contributed by atoms with Gasteiger partial charge in [0.1, 0.15) is 5.41 Å². The minimum Gasteiger partial charge on any atom is -0.381 e. The highest BCUT2D eigenvalue weighted by molar-refractivity contribution is 5.85. The lowest BCUT2D eigenvalue weighted by molar-refractivity contribution is -0.133. The number of nitrogens with zero attached hydrogens (tertiary/aromatic N) is 2. The minimum absolute atomic E-state index is 0.0975. The molecule has 19 heavy (non-hydrogen) atoms. The second-order valence-corrected chi connectivity index (χ2v) is 5.91. The van der Waals surface area contributed by atoms with Crippen molar-refractivity contribution in [2.24, 2.45) is 11.3 Å². The largest absolute Gasteiger partial charge is 0.381 e. The molecule has 2 aliphatic rings. The molecule has 106 valence electrons. The average Bonchev–Trinajstić information content (AvgIpc) is 2.42. The van der Waals surface area contributed by atoms with Gasteiger partial charge >= 0.3 is 0 Å². The number of hydrogen-bond donors (Lipinski definition) is 1. The van der Waals surface area contributed by atoms with E-state index in [2.05, 4.69) is 30.3 Å². The number of ether oxygens (including phenoxy) is 1. The van der Waals surface area contributed by atoms with E-state index in [0.717, 1.165) is 19.5 Å². The maximum Gasteiger partial charge on any atom is 0.240 e. The van der Waals surface area contributed by atoms with Gasteiger partial charge < -0.3 is 15.0 Å².